The molecule has 1 nitrogen and oxygen atoms in total. The summed E-state index contributed by atoms with van der Waals surface area (Å²) < 4.78 is 0. The molecule has 63 valence electrons. The Hall–Kier alpha value is 1.40. The van der Waals surface area contributed by atoms with Crippen molar-refractivity contribution in [3.63, 3.8) is 0 Å². The van der Waals surface area contributed by atoms with Crippen LogP contribution in [0.1, 0.15) is 39.5 Å². The van der Waals surface area contributed by atoms with E-state index in [1.165, 1.54) is 19.3 Å². The molecule has 0 aromatic carbocycles. The Morgan fingerprint density at radius 2 is 1.73 bits per heavy atom. The maximum atomic E-state index is 7.76. The molecule has 0 aromatic rings. The molecule has 2 unspecified atom stereocenters. The second-order valence-corrected chi connectivity index (χ2v) is 3.80. The minimum Gasteiger partial charge on any atom is -0.674 e. The summed E-state index contributed by atoms with van der Waals surface area (Å²) >= 11 is 0. The van der Waals surface area contributed by atoms with Crippen molar-refractivity contribution in [2.45, 2.75) is 45.6 Å². The molecule has 2 atom stereocenters. The summed E-state index contributed by atoms with van der Waals surface area (Å²) in [5.41, 5.74) is 7.76. The molecular formula is C9H18AcN-. The van der Waals surface area contributed by atoms with Crippen LogP contribution in [-0.4, -0.2) is 6.04 Å². The standard InChI is InChI=1S/C9H18N.Ac/c1-7(2)8-5-3-4-6-9(8)10;/h7-10H,3-6H2,1-2H3;/q-1;. The quantitative estimate of drug-likeness (QED) is 0.680. The summed E-state index contributed by atoms with van der Waals surface area (Å²) in [5, 5.41) is 0. The van der Waals surface area contributed by atoms with Crippen LogP contribution in [0.15, 0.2) is 0 Å². The molecule has 0 aliphatic heterocycles. The molecule has 1 radical (unpaired) electrons. The third-order valence-corrected chi connectivity index (χ3v) is 2.68. The first-order valence-electron chi connectivity index (χ1n) is 4.43. The van der Waals surface area contributed by atoms with Gasteiger partial charge in [-0.1, -0.05) is 45.4 Å². The summed E-state index contributed by atoms with van der Waals surface area (Å²) in [6.45, 7) is 4.50. The Morgan fingerprint density at radius 3 is 2.09 bits per heavy atom. The summed E-state index contributed by atoms with van der Waals surface area (Å²) in [7, 11) is 0. The van der Waals surface area contributed by atoms with Crippen molar-refractivity contribution in [1.82, 2.24) is 0 Å². The Bertz CT molecular complexity index is 104. The van der Waals surface area contributed by atoms with E-state index in [9.17, 15) is 0 Å². The summed E-state index contributed by atoms with van der Waals surface area (Å²) in [4.78, 5) is 0. The molecule has 0 bridgehead atoms. The van der Waals surface area contributed by atoms with Gasteiger partial charge in [-0.2, -0.15) is 0 Å². The van der Waals surface area contributed by atoms with Crippen molar-refractivity contribution in [3.8, 4) is 0 Å². The molecular weight excluding hydrogens is 349 g/mol. The van der Waals surface area contributed by atoms with Gasteiger partial charge in [-0.3, -0.25) is 0 Å². The summed E-state index contributed by atoms with van der Waals surface area (Å²) in [6.07, 6.45) is 5.09. The maximum Gasteiger partial charge on any atom is 0 e. The van der Waals surface area contributed by atoms with Crippen LogP contribution in [0.3, 0.4) is 0 Å². The second kappa shape index (κ2) is 5.95. The van der Waals surface area contributed by atoms with Crippen molar-refractivity contribution >= 4 is 0 Å². The molecule has 1 fully saturated rings. The molecule has 2 heteroatoms. The summed E-state index contributed by atoms with van der Waals surface area (Å²) in [6, 6.07) is 0.244. The minimum absolute atomic E-state index is 0. The average molecular weight is 367 g/mol. The van der Waals surface area contributed by atoms with E-state index in [1.807, 2.05) is 0 Å². The normalized spacial score (nSPS) is 31.6. The van der Waals surface area contributed by atoms with Crippen LogP contribution >= 0.6 is 0 Å². The van der Waals surface area contributed by atoms with Gasteiger partial charge >= 0.3 is 0 Å². The molecule has 0 spiro atoms. The monoisotopic (exact) mass is 367 g/mol. The van der Waals surface area contributed by atoms with Gasteiger partial charge in [0.2, 0.25) is 0 Å². The van der Waals surface area contributed by atoms with Crippen LogP contribution in [0.25, 0.3) is 5.73 Å². The zero-order chi connectivity index (χ0) is 7.56. The first-order chi connectivity index (χ1) is 4.72. The number of nitrogens with one attached hydrogen (secondary N) is 1. The van der Waals surface area contributed by atoms with Crippen LogP contribution in [0.2, 0.25) is 0 Å². The van der Waals surface area contributed by atoms with Crippen molar-refractivity contribution in [3.05, 3.63) is 5.73 Å². The van der Waals surface area contributed by atoms with Crippen LogP contribution in [0.4, 0.5) is 0 Å². The molecule has 1 N–H and O–H groups in total. The van der Waals surface area contributed by atoms with E-state index < -0.39 is 0 Å². The zero-order valence-electron chi connectivity index (χ0n) is 7.64. The largest absolute Gasteiger partial charge is 0.674 e. The van der Waals surface area contributed by atoms with Crippen LogP contribution in [-0.2, 0) is 0 Å². The SMILES string of the molecule is CC(C)C1CCCCC1[NH-].[Ac]. The topological polar surface area (TPSA) is 23.8 Å². The number of rotatable bonds is 1. The fraction of sp³-hybridized carbons (Fsp3) is 1.00. The average Bonchev–Trinajstić information content (AvgIpc) is 1.88. The van der Waals surface area contributed by atoms with Crippen molar-refractivity contribution < 1.29 is 44.1 Å². The van der Waals surface area contributed by atoms with Gasteiger partial charge in [-0.15, -0.1) is 6.04 Å². The van der Waals surface area contributed by atoms with Crippen molar-refractivity contribution in [2.24, 2.45) is 11.8 Å². The molecule has 0 amide bonds. The van der Waals surface area contributed by atoms with Gasteiger partial charge in [-0.05, 0) is 5.92 Å². The summed E-state index contributed by atoms with van der Waals surface area (Å²) in [5.74, 6) is 1.41. The van der Waals surface area contributed by atoms with Crippen LogP contribution in [0.5, 0.6) is 0 Å². The molecule has 11 heavy (non-hydrogen) atoms. The van der Waals surface area contributed by atoms with E-state index in [2.05, 4.69) is 13.8 Å². The smallest absolute Gasteiger partial charge is 0 e. The van der Waals surface area contributed by atoms with Gasteiger partial charge in [0.05, 0.1) is 0 Å². The molecule has 1 saturated carbocycles. The number of hydrogen-bond acceptors (Lipinski definition) is 0. The van der Waals surface area contributed by atoms with Crippen molar-refractivity contribution in [1.29, 1.82) is 0 Å². The molecule has 1 aliphatic rings. The molecule has 0 aromatic heterocycles. The van der Waals surface area contributed by atoms with Gasteiger partial charge in [-0.25, -0.2) is 0 Å². The zero-order valence-corrected chi connectivity index (χ0v) is 12.4. The second-order valence-electron chi connectivity index (χ2n) is 3.80. The Labute approximate surface area is 106 Å². The van der Waals surface area contributed by atoms with Gasteiger partial charge in [0.15, 0.2) is 0 Å². The first kappa shape index (κ1) is 12.4. The van der Waals surface area contributed by atoms with E-state index in [4.69, 9.17) is 5.73 Å². The fourth-order valence-electron chi connectivity index (χ4n) is 1.96. The molecule has 0 heterocycles. The fourth-order valence-corrected chi connectivity index (χ4v) is 1.96. The third kappa shape index (κ3) is 3.75. The Morgan fingerprint density at radius 1 is 1.18 bits per heavy atom. The van der Waals surface area contributed by atoms with Crippen molar-refractivity contribution in [2.75, 3.05) is 0 Å². The molecule has 1 rings (SSSR count). The Balaban J connectivity index is 0.000001000. The first-order valence-corrected chi connectivity index (χ1v) is 4.43. The van der Waals surface area contributed by atoms with E-state index in [0.717, 1.165) is 12.3 Å². The van der Waals surface area contributed by atoms with Gasteiger partial charge in [0.1, 0.15) is 0 Å². The third-order valence-electron chi connectivity index (χ3n) is 2.68. The van der Waals surface area contributed by atoms with Crippen LogP contribution in [0, 0.1) is 55.9 Å². The molecule has 1 aliphatic carbocycles. The Kier molecular flexibility index (Phi) is 6.71. The minimum atomic E-state index is 0. The molecule has 0 saturated heterocycles. The van der Waals surface area contributed by atoms with Gasteiger partial charge in [0.25, 0.3) is 0 Å². The van der Waals surface area contributed by atoms with Crippen LogP contribution < -0.4 is 0 Å². The predicted molar refractivity (Wildman–Crippen MR) is 44.9 cm³/mol. The predicted octanol–water partition coefficient (Wildman–Crippen LogP) is 3.25. The maximum absolute atomic E-state index is 7.76. The van der Waals surface area contributed by atoms with E-state index >= 15 is 0 Å². The van der Waals surface area contributed by atoms with Gasteiger partial charge in [0, 0.05) is 44.1 Å². The van der Waals surface area contributed by atoms with Gasteiger partial charge < -0.3 is 5.73 Å². The van der Waals surface area contributed by atoms with E-state index in [-0.39, 0.29) is 50.1 Å². The number of hydrogen-bond donors (Lipinski definition) is 0. The van der Waals surface area contributed by atoms with E-state index in [0.29, 0.717) is 5.92 Å². The van der Waals surface area contributed by atoms with E-state index in [1.54, 1.807) is 0 Å².